The zero-order chi connectivity index (χ0) is 8.39. The second-order valence-electron chi connectivity index (χ2n) is 2.57. The molecule has 0 bridgehead atoms. The molecular formula is C10H7N2. The number of hydrogen-bond acceptors (Lipinski definition) is 1. The normalized spacial score (nSPS) is 17.9. The molecule has 0 aromatic carbocycles. The fraction of sp³-hybridized carbons (Fsp3) is 0. The fourth-order valence-corrected chi connectivity index (χ4v) is 1.25. The van der Waals surface area contributed by atoms with E-state index < -0.39 is 0 Å². The molecule has 1 aliphatic carbocycles. The van der Waals surface area contributed by atoms with E-state index in [4.69, 9.17) is 5.26 Å². The first-order chi connectivity index (χ1) is 5.92. The van der Waals surface area contributed by atoms with E-state index in [1.807, 2.05) is 31.9 Å². The predicted molar refractivity (Wildman–Crippen MR) is 45.1 cm³/mol. The van der Waals surface area contributed by atoms with Crippen LogP contribution in [0.2, 0.25) is 0 Å². The molecule has 2 heteroatoms. The average Bonchev–Trinajstić information content (AvgIpc) is 2.74. The van der Waals surface area contributed by atoms with Gasteiger partial charge in [0.15, 0.2) is 0 Å². The van der Waals surface area contributed by atoms with Crippen molar-refractivity contribution in [1.29, 1.82) is 5.26 Å². The molecule has 2 nitrogen and oxygen atoms in total. The van der Waals surface area contributed by atoms with Crippen LogP contribution in [0.25, 0.3) is 0 Å². The molecule has 1 aromatic heterocycles. The fourth-order valence-electron chi connectivity index (χ4n) is 1.25. The highest BCUT2D eigenvalue weighted by atomic mass is 14.6. The van der Waals surface area contributed by atoms with Gasteiger partial charge in [-0.15, -0.1) is 0 Å². The summed E-state index contributed by atoms with van der Waals surface area (Å²) in [7, 11) is 0. The van der Waals surface area contributed by atoms with E-state index in [9.17, 15) is 0 Å². The van der Waals surface area contributed by atoms with E-state index in [0.717, 1.165) is 11.5 Å². The number of aromatic amines is 1. The molecule has 1 saturated carbocycles. The zero-order valence-corrected chi connectivity index (χ0v) is 6.41. The van der Waals surface area contributed by atoms with Crippen molar-refractivity contribution in [3.05, 3.63) is 55.1 Å². The molecule has 0 spiro atoms. The Bertz CT molecular complexity index is 300. The van der Waals surface area contributed by atoms with Gasteiger partial charge in [0.05, 0.1) is 5.56 Å². The van der Waals surface area contributed by atoms with E-state index in [2.05, 4.69) is 11.1 Å². The molecule has 0 saturated heterocycles. The van der Waals surface area contributed by atoms with Crippen LogP contribution < -0.4 is 0 Å². The maximum atomic E-state index is 8.74. The summed E-state index contributed by atoms with van der Waals surface area (Å²) >= 11 is 0. The van der Waals surface area contributed by atoms with Crippen LogP contribution in [0.1, 0.15) is 11.1 Å². The monoisotopic (exact) mass is 155 g/mol. The molecule has 12 heavy (non-hydrogen) atoms. The smallest absolute Gasteiger partial charge is 0.101 e. The van der Waals surface area contributed by atoms with Gasteiger partial charge in [-0.2, -0.15) is 5.26 Å². The van der Waals surface area contributed by atoms with Crippen molar-refractivity contribution in [3.8, 4) is 6.07 Å². The highest BCUT2D eigenvalue weighted by Gasteiger charge is 2.21. The van der Waals surface area contributed by atoms with Gasteiger partial charge in [0.25, 0.3) is 0 Å². The third kappa shape index (κ3) is 1.12. The SMILES string of the molecule is N#Cc1c[nH]cc1[C]1[CH][CH][CH][CH]1. The Balaban J connectivity index is 2.27. The van der Waals surface area contributed by atoms with Crippen LogP contribution in [-0.2, 0) is 0 Å². The maximum absolute atomic E-state index is 8.74. The first-order valence-electron chi connectivity index (χ1n) is 3.71. The van der Waals surface area contributed by atoms with Gasteiger partial charge >= 0.3 is 0 Å². The van der Waals surface area contributed by atoms with Crippen LogP contribution in [0.15, 0.2) is 12.4 Å². The number of nitriles is 1. The molecule has 1 aromatic rings. The van der Waals surface area contributed by atoms with Crippen molar-refractivity contribution in [2.75, 3.05) is 0 Å². The Kier molecular flexibility index (Phi) is 1.87. The van der Waals surface area contributed by atoms with Gasteiger partial charge in [0, 0.05) is 18.3 Å². The number of H-pyrrole nitrogens is 1. The van der Waals surface area contributed by atoms with Crippen molar-refractivity contribution in [2.24, 2.45) is 0 Å². The lowest BCUT2D eigenvalue weighted by atomic mass is 9.97. The minimum Gasteiger partial charge on any atom is -0.366 e. The van der Waals surface area contributed by atoms with Crippen LogP contribution in [0, 0.1) is 42.9 Å². The van der Waals surface area contributed by atoms with E-state index in [1.165, 1.54) is 0 Å². The summed E-state index contributed by atoms with van der Waals surface area (Å²) in [6.07, 6.45) is 11.5. The summed E-state index contributed by atoms with van der Waals surface area (Å²) in [6.45, 7) is 0. The summed E-state index contributed by atoms with van der Waals surface area (Å²) < 4.78 is 0. The summed E-state index contributed by atoms with van der Waals surface area (Å²) in [5, 5.41) is 8.74. The Morgan fingerprint density at radius 1 is 1.17 bits per heavy atom. The van der Waals surface area contributed by atoms with Crippen LogP contribution in [0.4, 0.5) is 0 Å². The van der Waals surface area contributed by atoms with Crippen LogP contribution in [0.5, 0.6) is 0 Å². The second-order valence-corrected chi connectivity index (χ2v) is 2.57. The largest absolute Gasteiger partial charge is 0.366 e. The molecule has 2 rings (SSSR count). The summed E-state index contributed by atoms with van der Waals surface area (Å²) in [4.78, 5) is 2.92. The topological polar surface area (TPSA) is 39.6 Å². The molecule has 5 radical (unpaired) electrons. The molecular weight excluding hydrogens is 148 g/mol. The number of hydrogen-bond donors (Lipinski definition) is 1. The quantitative estimate of drug-likeness (QED) is 0.657. The highest BCUT2D eigenvalue weighted by molar-refractivity contribution is 5.55. The van der Waals surface area contributed by atoms with E-state index in [-0.39, 0.29) is 0 Å². The summed E-state index contributed by atoms with van der Waals surface area (Å²) in [6, 6.07) is 2.13. The minimum atomic E-state index is 0.696. The Labute approximate surface area is 72.2 Å². The molecule has 1 N–H and O–H groups in total. The van der Waals surface area contributed by atoms with E-state index in [1.54, 1.807) is 6.20 Å². The number of rotatable bonds is 1. The Hall–Kier alpha value is -1.23. The van der Waals surface area contributed by atoms with Crippen molar-refractivity contribution in [1.82, 2.24) is 4.98 Å². The van der Waals surface area contributed by atoms with Crippen LogP contribution >= 0.6 is 0 Å². The third-order valence-electron chi connectivity index (χ3n) is 1.84. The van der Waals surface area contributed by atoms with Gasteiger partial charge in [-0.25, -0.2) is 0 Å². The van der Waals surface area contributed by atoms with Crippen LogP contribution in [0.3, 0.4) is 0 Å². The van der Waals surface area contributed by atoms with Crippen LogP contribution in [-0.4, -0.2) is 4.98 Å². The van der Waals surface area contributed by atoms with Gasteiger partial charge < -0.3 is 4.98 Å². The molecule has 0 aliphatic heterocycles. The molecule has 0 amide bonds. The first kappa shape index (κ1) is 7.42. The van der Waals surface area contributed by atoms with E-state index in [0.29, 0.717) is 5.56 Å². The van der Waals surface area contributed by atoms with Gasteiger partial charge in [-0.1, -0.05) is 0 Å². The molecule has 1 aliphatic rings. The lowest BCUT2D eigenvalue weighted by Gasteiger charge is -2.03. The van der Waals surface area contributed by atoms with Crippen molar-refractivity contribution in [3.63, 3.8) is 0 Å². The van der Waals surface area contributed by atoms with Crippen molar-refractivity contribution in [2.45, 2.75) is 0 Å². The first-order valence-corrected chi connectivity index (χ1v) is 3.71. The maximum Gasteiger partial charge on any atom is 0.101 e. The number of nitrogens with zero attached hydrogens (tertiary/aromatic N) is 1. The number of aromatic nitrogens is 1. The molecule has 0 unspecified atom stereocenters. The lowest BCUT2D eigenvalue weighted by molar-refractivity contribution is 1.28. The second kappa shape index (κ2) is 3.02. The van der Waals surface area contributed by atoms with Crippen molar-refractivity contribution < 1.29 is 0 Å². The predicted octanol–water partition coefficient (Wildman–Crippen LogP) is 1.64. The molecule has 0 atom stereocenters. The minimum absolute atomic E-state index is 0.696. The molecule has 1 heterocycles. The van der Waals surface area contributed by atoms with E-state index >= 15 is 0 Å². The average molecular weight is 155 g/mol. The summed E-state index contributed by atoms with van der Waals surface area (Å²) in [5.41, 5.74) is 1.67. The Morgan fingerprint density at radius 3 is 2.58 bits per heavy atom. The molecule has 1 fully saturated rings. The standard InChI is InChI=1S/C10H7N2/c11-5-9-6-12-7-10(9)8-3-1-2-4-8/h1-4,6-7,12H. The Morgan fingerprint density at radius 2 is 1.92 bits per heavy atom. The molecule has 57 valence electrons. The van der Waals surface area contributed by atoms with Gasteiger partial charge in [-0.3, -0.25) is 0 Å². The van der Waals surface area contributed by atoms with Gasteiger partial charge in [0.2, 0.25) is 0 Å². The highest BCUT2D eigenvalue weighted by Crippen LogP contribution is 2.31. The van der Waals surface area contributed by atoms with Gasteiger partial charge in [-0.05, 0) is 31.2 Å². The number of nitrogens with one attached hydrogen (secondary N) is 1. The van der Waals surface area contributed by atoms with Gasteiger partial charge in [0.1, 0.15) is 6.07 Å². The summed E-state index contributed by atoms with van der Waals surface area (Å²) in [5.74, 6) is 1.09. The lowest BCUT2D eigenvalue weighted by Crippen LogP contribution is -1.94. The zero-order valence-electron chi connectivity index (χ0n) is 6.41. The van der Waals surface area contributed by atoms with Crippen molar-refractivity contribution >= 4 is 0 Å². The third-order valence-corrected chi connectivity index (χ3v) is 1.84.